The Bertz CT molecular complexity index is 700. The zero-order valence-electron chi connectivity index (χ0n) is 13.0. The third-order valence-corrected chi connectivity index (χ3v) is 4.70. The van der Waals surface area contributed by atoms with E-state index in [-0.39, 0.29) is 11.6 Å². The van der Waals surface area contributed by atoms with E-state index in [9.17, 15) is 9.90 Å². The number of nitrogens with zero attached hydrogens (tertiary/aromatic N) is 3. The van der Waals surface area contributed by atoms with Gasteiger partial charge in [-0.2, -0.15) is 0 Å². The Kier molecular flexibility index (Phi) is 3.96. The first-order valence-electron chi connectivity index (χ1n) is 7.85. The van der Waals surface area contributed by atoms with Crippen LogP contribution in [0.25, 0.3) is 5.69 Å². The maximum atomic E-state index is 11.5. The van der Waals surface area contributed by atoms with E-state index in [1.54, 1.807) is 4.68 Å². The lowest BCUT2D eigenvalue weighted by molar-refractivity contribution is 0.0688. The second-order valence-electron chi connectivity index (χ2n) is 6.09. The van der Waals surface area contributed by atoms with E-state index in [4.69, 9.17) is 0 Å². The van der Waals surface area contributed by atoms with Crippen molar-refractivity contribution in [3.05, 3.63) is 40.7 Å². The molecular formula is C17H21N3O2. The molecule has 22 heavy (non-hydrogen) atoms. The summed E-state index contributed by atoms with van der Waals surface area (Å²) in [6.45, 7) is 4.09. The fourth-order valence-corrected chi connectivity index (χ4v) is 3.33. The van der Waals surface area contributed by atoms with Crippen molar-refractivity contribution in [2.45, 2.75) is 51.9 Å². The molecule has 0 unspecified atom stereocenters. The van der Waals surface area contributed by atoms with Crippen molar-refractivity contribution in [2.75, 3.05) is 0 Å². The van der Waals surface area contributed by atoms with Crippen LogP contribution in [-0.2, 0) is 0 Å². The smallest absolute Gasteiger partial charge is 0.358 e. The number of carboxylic acids is 1. The SMILES string of the molecule is Cc1cccc(-n2nnc(C(=O)O)c2C2CCCCC2)c1C. The summed E-state index contributed by atoms with van der Waals surface area (Å²) < 4.78 is 1.75. The van der Waals surface area contributed by atoms with Crippen molar-refractivity contribution in [2.24, 2.45) is 0 Å². The number of aromatic carboxylic acids is 1. The van der Waals surface area contributed by atoms with Crippen molar-refractivity contribution in [1.29, 1.82) is 0 Å². The molecule has 1 aromatic heterocycles. The Morgan fingerprint density at radius 1 is 1.23 bits per heavy atom. The van der Waals surface area contributed by atoms with Gasteiger partial charge in [0.2, 0.25) is 0 Å². The van der Waals surface area contributed by atoms with Crippen molar-refractivity contribution in [3.8, 4) is 5.69 Å². The van der Waals surface area contributed by atoms with E-state index in [0.717, 1.165) is 42.6 Å². The summed E-state index contributed by atoms with van der Waals surface area (Å²) in [6, 6.07) is 6.01. The molecule has 1 aromatic carbocycles. The molecule has 0 radical (unpaired) electrons. The maximum absolute atomic E-state index is 11.5. The first-order chi connectivity index (χ1) is 10.6. The highest BCUT2D eigenvalue weighted by Crippen LogP contribution is 2.35. The van der Waals surface area contributed by atoms with Crippen molar-refractivity contribution < 1.29 is 9.90 Å². The average Bonchev–Trinajstić information content (AvgIpc) is 2.96. The molecule has 116 valence electrons. The highest BCUT2D eigenvalue weighted by molar-refractivity contribution is 5.87. The summed E-state index contributed by atoms with van der Waals surface area (Å²) in [5, 5.41) is 17.6. The van der Waals surface area contributed by atoms with Gasteiger partial charge in [-0.15, -0.1) is 5.10 Å². The molecule has 0 spiro atoms. The van der Waals surface area contributed by atoms with Gasteiger partial charge >= 0.3 is 5.97 Å². The Morgan fingerprint density at radius 3 is 2.64 bits per heavy atom. The summed E-state index contributed by atoms with van der Waals surface area (Å²) in [5.74, 6) is -0.758. The van der Waals surface area contributed by atoms with Gasteiger partial charge < -0.3 is 5.11 Å². The van der Waals surface area contributed by atoms with Gasteiger partial charge in [0.25, 0.3) is 0 Å². The number of rotatable bonds is 3. The third kappa shape index (κ3) is 2.51. The minimum absolute atomic E-state index is 0.104. The van der Waals surface area contributed by atoms with Gasteiger partial charge in [0.1, 0.15) is 0 Å². The average molecular weight is 299 g/mol. The van der Waals surface area contributed by atoms with Crippen LogP contribution in [0.1, 0.15) is 65.3 Å². The van der Waals surface area contributed by atoms with Crippen molar-refractivity contribution in [1.82, 2.24) is 15.0 Å². The Labute approximate surface area is 130 Å². The highest BCUT2D eigenvalue weighted by atomic mass is 16.4. The summed E-state index contributed by atoms with van der Waals surface area (Å²) >= 11 is 0. The van der Waals surface area contributed by atoms with E-state index in [2.05, 4.69) is 10.3 Å². The molecule has 0 saturated heterocycles. The third-order valence-electron chi connectivity index (χ3n) is 4.70. The molecule has 0 bridgehead atoms. The van der Waals surface area contributed by atoms with Crippen LogP contribution in [0, 0.1) is 13.8 Å². The fourth-order valence-electron chi connectivity index (χ4n) is 3.33. The number of carboxylic acid groups (broad SMARTS) is 1. The molecule has 1 fully saturated rings. The van der Waals surface area contributed by atoms with Crippen LogP contribution in [-0.4, -0.2) is 26.1 Å². The monoisotopic (exact) mass is 299 g/mol. The van der Waals surface area contributed by atoms with Crippen molar-refractivity contribution in [3.63, 3.8) is 0 Å². The van der Waals surface area contributed by atoms with Gasteiger partial charge in [0.15, 0.2) is 5.69 Å². The van der Waals surface area contributed by atoms with Crippen LogP contribution in [0.15, 0.2) is 18.2 Å². The Hall–Kier alpha value is -2.17. The summed E-state index contributed by atoms with van der Waals surface area (Å²) in [4.78, 5) is 11.5. The molecule has 0 atom stereocenters. The molecular weight excluding hydrogens is 278 g/mol. The van der Waals surface area contributed by atoms with E-state index >= 15 is 0 Å². The summed E-state index contributed by atoms with van der Waals surface area (Å²) in [5.41, 5.74) is 4.08. The number of hydrogen-bond donors (Lipinski definition) is 1. The molecule has 1 N–H and O–H groups in total. The number of aromatic nitrogens is 3. The van der Waals surface area contributed by atoms with Gasteiger partial charge in [-0.1, -0.05) is 36.6 Å². The number of carbonyl (C=O) groups is 1. The molecule has 5 heteroatoms. The first-order valence-corrected chi connectivity index (χ1v) is 7.85. The number of benzene rings is 1. The Morgan fingerprint density at radius 2 is 1.95 bits per heavy atom. The van der Waals surface area contributed by atoms with E-state index in [1.807, 2.05) is 32.0 Å². The number of aryl methyl sites for hydroxylation is 1. The van der Waals surface area contributed by atoms with Gasteiger partial charge in [0.05, 0.1) is 11.4 Å². The van der Waals surface area contributed by atoms with Crippen LogP contribution in [0.5, 0.6) is 0 Å². The molecule has 1 saturated carbocycles. The molecule has 5 nitrogen and oxygen atoms in total. The largest absolute Gasteiger partial charge is 0.476 e. The second kappa shape index (κ2) is 5.91. The molecule has 3 rings (SSSR count). The van der Waals surface area contributed by atoms with Crippen LogP contribution in [0.4, 0.5) is 0 Å². The standard InChI is InChI=1S/C17H21N3O2/c1-11-7-6-10-14(12(11)2)20-16(13-8-4-3-5-9-13)15(17(21)22)18-19-20/h6-7,10,13H,3-5,8-9H2,1-2H3,(H,21,22). The second-order valence-corrected chi connectivity index (χ2v) is 6.09. The quantitative estimate of drug-likeness (QED) is 0.939. The van der Waals surface area contributed by atoms with Crippen molar-refractivity contribution >= 4 is 5.97 Å². The van der Waals surface area contributed by atoms with Gasteiger partial charge in [-0.05, 0) is 43.9 Å². The minimum Gasteiger partial charge on any atom is -0.476 e. The zero-order valence-corrected chi connectivity index (χ0v) is 13.0. The van der Waals surface area contributed by atoms with Gasteiger partial charge in [-0.3, -0.25) is 0 Å². The Balaban J connectivity index is 2.15. The van der Waals surface area contributed by atoms with Crippen LogP contribution >= 0.6 is 0 Å². The molecule has 0 aliphatic heterocycles. The molecule has 0 amide bonds. The van der Waals surface area contributed by atoms with E-state index in [0.29, 0.717) is 0 Å². The van der Waals surface area contributed by atoms with E-state index < -0.39 is 5.97 Å². The topological polar surface area (TPSA) is 68.0 Å². The number of hydrogen-bond acceptors (Lipinski definition) is 3. The molecule has 1 heterocycles. The van der Waals surface area contributed by atoms with Gasteiger partial charge in [0, 0.05) is 5.92 Å². The lowest BCUT2D eigenvalue weighted by atomic mass is 9.86. The summed E-state index contributed by atoms with van der Waals surface area (Å²) in [6.07, 6.45) is 5.53. The first kappa shape index (κ1) is 14.8. The molecule has 2 aromatic rings. The maximum Gasteiger partial charge on any atom is 0.358 e. The molecule has 1 aliphatic rings. The van der Waals surface area contributed by atoms with Crippen LogP contribution in [0.3, 0.4) is 0 Å². The van der Waals surface area contributed by atoms with E-state index in [1.165, 1.54) is 12.0 Å². The lowest BCUT2D eigenvalue weighted by Crippen LogP contribution is -2.15. The van der Waals surface area contributed by atoms with Crippen LogP contribution in [0.2, 0.25) is 0 Å². The minimum atomic E-state index is -0.989. The lowest BCUT2D eigenvalue weighted by Gasteiger charge is -2.23. The fraction of sp³-hybridized carbons (Fsp3) is 0.471. The van der Waals surface area contributed by atoms with Gasteiger partial charge in [-0.25, -0.2) is 9.48 Å². The summed E-state index contributed by atoms with van der Waals surface area (Å²) in [7, 11) is 0. The normalized spacial score (nSPS) is 15.9. The molecule has 1 aliphatic carbocycles. The highest BCUT2D eigenvalue weighted by Gasteiger charge is 2.28. The van der Waals surface area contributed by atoms with Crippen LogP contribution < -0.4 is 0 Å². The predicted molar refractivity (Wildman–Crippen MR) is 83.6 cm³/mol. The predicted octanol–water partition coefficient (Wildman–Crippen LogP) is 3.63. The zero-order chi connectivity index (χ0) is 15.7.